The van der Waals surface area contributed by atoms with Crippen LogP contribution in [0.5, 0.6) is 0 Å². The van der Waals surface area contributed by atoms with E-state index in [0.29, 0.717) is 26.1 Å². The zero-order valence-electron chi connectivity index (χ0n) is 14.7. The van der Waals surface area contributed by atoms with Crippen molar-refractivity contribution in [1.82, 2.24) is 0 Å². The van der Waals surface area contributed by atoms with E-state index in [9.17, 15) is 9.59 Å². The summed E-state index contributed by atoms with van der Waals surface area (Å²) in [6, 6.07) is 10.0. The largest absolute Gasteiger partial charge is 0.469 e. The Morgan fingerprint density at radius 2 is 2.00 bits per heavy atom. The number of ketones is 1. The highest BCUT2D eigenvalue weighted by Crippen LogP contribution is 2.26. The highest BCUT2D eigenvalue weighted by atomic mass is 16.5. The molecule has 2 rings (SSSR count). The Morgan fingerprint density at radius 1 is 1.20 bits per heavy atom. The number of carbonyl (C=O) groups is 2. The molecule has 0 unspecified atom stereocenters. The van der Waals surface area contributed by atoms with Gasteiger partial charge in [0.05, 0.1) is 20.3 Å². The van der Waals surface area contributed by atoms with E-state index < -0.39 is 0 Å². The van der Waals surface area contributed by atoms with Crippen molar-refractivity contribution in [1.29, 1.82) is 0 Å². The van der Waals surface area contributed by atoms with Crippen molar-refractivity contribution in [2.45, 2.75) is 32.3 Å². The van der Waals surface area contributed by atoms with Crippen molar-refractivity contribution in [3.05, 3.63) is 60.2 Å². The van der Waals surface area contributed by atoms with Crippen molar-refractivity contribution < 1.29 is 19.1 Å². The second-order valence-electron chi connectivity index (χ2n) is 6.21. The summed E-state index contributed by atoms with van der Waals surface area (Å²) in [4.78, 5) is 23.1. The molecular weight excluding hydrogens is 316 g/mol. The van der Waals surface area contributed by atoms with Gasteiger partial charge in [0.25, 0.3) is 0 Å². The highest BCUT2D eigenvalue weighted by molar-refractivity contribution is 5.94. The Bertz CT molecular complexity index is 604. The van der Waals surface area contributed by atoms with Gasteiger partial charge in [0.2, 0.25) is 0 Å². The summed E-state index contributed by atoms with van der Waals surface area (Å²) in [6.07, 6.45) is 10.4. The third-order valence-corrected chi connectivity index (χ3v) is 4.35. The Kier molecular flexibility index (Phi) is 8.13. The van der Waals surface area contributed by atoms with E-state index in [4.69, 9.17) is 4.74 Å². The lowest BCUT2D eigenvalue weighted by atomic mass is 9.92. The van der Waals surface area contributed by atoms with Gasteiger partial charge in [0.15, 0.2) is 5.78 Å². The van der Waals surface area contributed by atoms with Gasteiger partial charge in [-0.2, -0.15) is 0 Å². The molecular formula is C21H26O4. The Hall–Kier alpha value is -2.20. The molecule has 0 spiro atoms. The first kappa shape index (κ1) is 19.1. The van der Waals surface area contributed by atoms with Gasteiger partial charge in [0.1, 0.15) is 0 Å². The molecule has 0 fully saturated rings. The molecule has 134 valence electrons. The van der Waals surface area contributed by atoms with Crippen LogP contribution in [0.4, 0.5) is 0 Å². The second-order valence-corrected chi connectivity index (χ2v) is 6.21. The van der Waals surface area contributed by atoms with Crippen LogP contribution in [0.15, 0.2) is 54.6 Å². The smallest absolute Gasteiger partial charge is 0.305 e. The normalized spacial score (nSPS) is 19.6. The molecule has 4 heteroatoms. The SMILES string of the molecule is COC(=O)CCC/C=C\C[C@H]1C(=O)C=C[C@@H]1COCc1ccccc1. The van der Waals surface area contributed by atoms with Crippen LogP contribution in [0.2, 0.25) is 0 Å². The van der Waals surface area contributed by atoms with Crippen molar-refractivity contribution in [2.75, 3.05) is 13.7 Å². The number of unbranched alkanes of at least 4 members (excludes halogenated alkanes) is 1. The van der Waals surface area contributed by atoms with Crippen molar-refractivity contribution in [3.8, 4) is 0 Å². The Morgan fingerprint density at radius 3 is 2.76 bits per heavy atom. The van der Waals surface area contributed by atoms with Crippen LogP contribution in [0, 0.1) is 11.8 Å². The van der Waals surface area contributed by atoms with Gasteiger partial charge in [-0.05, 0) is 30.9 Å². The van der Waals surface area contributed by atoms with Crippen LogP contribution >= 0.6 is 0 Å². The highest BCUT2D eigenvalue weighted by Gasteiger charge is 2.28. The quantitative estimate of drug-likeness (QED) is 0.368. The summed E-state index contributed by atoms with van der Waals surface area (Å²) < 4.78 is 10.4. The number of allylic oxidation sites excluding steroid dienone is 3. The fraction of sp³-hybridized carbons (Fsp3) is 0.429. The predicted molar refractivity (Wildman–Crippen MR) is 96.8 cm³/mol. The van der Waals surface area contributed by atoms with Crippen molar-refractivity contribution in [3.63, 3.8) is 0 Å². The molecule has 1 aromatic carbocycles. The first-order chi connectivity index (χ1) is 12.2. The average Bonchev–Trinajstić information content (AvgIpc) is 2.98. The summed E-state index contributed by atoms with van der Waals surface area (Å²) in [5.74, 6) is 0.0929. The van der Waals surface area contributed by atoms with E-state index in [-0.39, 0.29) is 23.6 Å². The molecule has 2 atom stereocenters. The average molecular weight is 342 g/mol. The third-order valence-electron chi connectivity index (χ3n) is 4.35. The molecule has 0 amide bonds. The lowest BCUT2D eigenvalue weighted by molar-refractivity contribution is -0.140. The minimum atomic E-state index is -0.181. The minimum absolute atomic E-state index is 0.0346. The molecule has 0 N–H and O–H groups in total. The maximum atomic E-state index is 12.0. The minimum Gasteiger partial charge on any atom is -0.469 e. The molecule has 0 aliphatic heterocycles. The van der Waals surface area contributed by atoms with E-state index in [0.717, 1.165) is 18.4 Å². The number of hydrogen-bond acceptors (Lipinski definition) is 4. The van der Waals surface area contributed by atoms with E-state index in [1.807, 2.05) is 48.6 Å². The van der Waals surface area contributed by atoms with Crippen molar-refractivity contribution >= 4 is 11.8 Å². The van der Waals surface area contributed by atoms with Crippen LogP contribution in [-0.4, -0.2) is 25.5 Å². The third kappa shape index (κ3) is 6.67. The lowest BCUT2D eigenvalue weighted by Gasteiger charge is -2.16. The fourth-order valence-corrected chi connectivity index (χ4v) is 2.86. The fourth-order valence-electron chi connectivity index (χ4n) is 2.86. The molecule has 25 heavy (non-hydrogen) atoms. The zero-order valence-corrected chi connectivity index (χ0v) is 14.7. The Balaban J connectivity index is 1.69. The number of hydrogen-bond donors (Lipinski definition) is 0. The molecule has 4 nitrogen and oxygen atoms in total. The summed E-state index contributed by atoms with van der Waals surface area (Å²) in [5, 5.41) is 0. The Labute approximate surface area is 149 Å². The maximum absolute atomic E-state index is 12.0. The van der Waals surface area contributed by atoms with Crippen molar-refractivity contribution in [2.24, 2.45) is 11.8 Å². The van der Waals surface area contributed by atoms with Crippen LogP contribution < -0.4 is 0 Å². The van der Waals surface area contributed by atoms with E-state index in [2.05, 4.69) is 4.74 Å². The standard InChI is InChI=1S/C21H26O4/c1-24-21(23)12-8-3-2-7-11-19-18(13-14-20(19)22)16-25-15-17-9-5-4-6-10-17/h2,4-7,9-10,13-14,18-19H,3,8,11-12,15-16H2,1H3/b7-2-/t18-,19-/m1/s1. The van der Waals surface area contributed by atoms with Crippen LogP contribution in [0.25, 0.3) is 0 Å². The number of methoxy groups -OCH3 is 1. The van der Waals surface area contributed by atoms with Crippen LogP contribution in [-0.2, 0) is 25.7 Å². The summed E-state index contributed by atoms with van der Waals surface area (Å²) in [6.45, 7) is 1.12. The molecule has 1 aromatic rings. The van der Waals surface area contributed by atoms with Gasteiger partial charge in [0, 0.05) is 18.3 Å². The number of carbonyl (C=O) groups excluding carboxylic acids is 2. The topological polar surface area (TPSA) is 52.6 Å². The molecule has 0 bridgehead atoms. The zero-order chi connectivity index (χ0) is 17.9. The molecule has 0 saturated carbocycles. The number of benzene rings is 1. The second kappa shape index (κ2) is 10.6. The first-order valence-corrected chi connectivity index (χ1v) is 8.76. The van der Waals surface area contributed by atoms with Crippen LogP contribution in [0.1, 0.15) is 31.2 Å². The summed E-state index contributed by atoms with van der Waals surface area (Å²) >= 11 is 0. The monoisotopic (exact) mass is 342 g/mol. The van der Waals surface area contributed by atoms with Crippen LogP contribution in [0.3, 0.4) is 0 Å². The van der Waals surface area contributed by atoms with Gasteiger partial charge < -0.3 is 9.47 Å². The van der Waals surface area contributed by atoms with Gasteiger partial charge in [-0.25, -0.2) is 0 Å². The molecule has 0 heterocycles. The first-order valence-electron chi connectivity index (χ1n) is 8.76. The van der Waals surface area contributed by atoms with Gasteiger partial charge in [-0.3, -0.25) is 9.59 Å². The summed E-state index contributed by atoms with van der Waals surface area (Å²) in [5.41, 5.74) is 1.14. The van der Waals surface area contributed by atoms with E-state index in [1.165, 1.54) is 7.11 Å². The van der Waals surface area contributed by atoms with Gasteiger partial charge in [-0.1, -0.05) is 48.6 Å². The van der Waals surface area contributed by atoms with Gasteiger partial charge >= 0.3 is 5.97 Å². The number of rotatable bonds is 10. The summed E-state index contributed by atoms with van der Waals surface area (Å²) in [7, 11) is 1.40. The molecule has 0 saturated heterocycles. The number of ether oxygens (including phenoxy) is 2. The van der Waals surface area contributed by atoms with Gasteiger partial charge in [-0.15, -0.1) is 0 Å². The maximum Gasteiger partial charge on any atom is 0.305 e. The van der Waals surface area contributed by atoms with E-state index >= 15 is 0 Å². The predicted octanol–water partition coefficient (Wildman–Crippen LogP) is 3.86. The molecule has 0 radical (unpaired) electrons. The van der Waals surface area contributed by atoms with E-state index in [1.54, 1.807) is 6.08 Å². The lowest BCUT2D eigenvalue weighted by Crippen LogP contribution is -2.19. The molecule has 0 aromatic heterocycles. The molecule has 1 aliphatic rings. The molecule has 1 aliphatic carbocycles. The number of esters is 1.